The fraction of sp³-hybridized carbons (Fsp3) is 0.632. The zero-order valence-electron chi connectivity index (χ0n) is 16.0. The molecule has 1 fully saturated rings. The lowest BCUT2D eigenvalue weighted by Crippen LogP contribution is -2.43. The van der Waals surface area contributed by atoms with E-state index in [2.05, 4.69) is 10.3 Å². The Bertz CT molecular complexity index is 550. The van der Waals surface area contributed by atoms with E-state index < -0.39 is 0 Å². The van der Waals surface area contributed by atoms with Crippen LogP contribution < -0.4 is 10.1 Å². The Morgan fingerprint density at radius 3 is 2.54 bits per heavy atom. The number of likely N-dealkylation sites (N-methyl/N-ethyl adjacent to an activating group) is 1. The summed E-state index contributed by atoms with van der Waals surface area (Å²) in [5.41, 5.74) is 0.372. The Labute approximate surface area is 173 Å². The maximum atomic E-state index is 12.9. The molecule has 1 aromatic rings. The monoisotopic (exact) mass is 479 g/mol. The molecule has 0 aliphatic heterocycles. The van der Waals surface area contributed by atoms with Gasteiger partial charge in [0.15, 0.2) is 5.96 Å². The van der Waals surface area contributed by atoms with Crippen molar-refractivity contribution in [1.29, 1.82) is 0 Å². The van der Waals surface area contributed by atoms with Gasteiger partial charge in [-0.2, -0.15) is 0 Å². The van der Waals surface area contributed by atoms with Gasteiger partial charge in [-0.3, -0.25) is 4.99 Å². The van der Waals surface area contributed by atoms with Gasteiger partial charge in [-0.15, -0.1) is 24.0 Å². The first-order valence-corrected chi connectivity index (χ1v) is 8.96. The van der Waals surface area contributed by atoms with Crippen LogP contribution in [0, 0.1) is 11.2 Å². The molecule has 0 radical (unpaired) electrons. The normalized spacial score (nSPS) is 15.2. The van der Waals surface area contributed by atoms with Gasteiger partial charge in [0.1, 0.15) is 18.2 Å². The number of guanidine groups is 1. The van der Waals surface area contributed by atoms with Crippen LogP contribution in [0.15, 0.2) is 29.3 Å². The molecule has 1 aliphatic rings. The lowest BCUT2D eigenvalue weighted by molar-refractivity contribution is 0.128. The molecule has 1 aliphatic carbocycles. The number of benzene rings is 1. The van der Waals surface area contributed by atoms with E-state index >= 15 is 0 Å². The molecule has 0 unspecified atom stereocenters. The highest BCUT2D eigenvalue weighted by Crippen LogP contribution is 2.48. The van der Waals surface area contributed by atoms with Gasteiger partial charge in [-0.1, -0.05) is 0 Å². The third kappa shape index (κ3) is 7.65. The lowest BCUT2D eigenvalue weighted by Gasteiger charge is -2.24. The highest BCUT2D eigenvalue weighted by molar-refractivity contribution is 14.0. The number of hydrogen-bond acceptors (Lipinski definition) is 3. The van der Waals surface area contributed by atoms with E-state index in [4.69, 9.17) is 9.47 Å². The molecule has 0 saturated heterocycles. The predicted molar refractivity (Wildman–Crippen MR) is 114 cm³/mol. The molecule has 1 saturated carbocycles. The van der Waals surface area contributed by atoms with Crippen LogP contribution >= 0.6 is 24.0 Å². The van der Waals surface area contributed by atoms with Gasteiger partial charge in [0.05, 0.1) is 6.54 Å². The molecular weight excluding hydrogens is 448 g/mol. The number of nitrogens with zero attached hydrogens (tertiary/aromatic N) is 2. The fourth-order valence-electron chi connectivity index (χ4n) is 2.71. The minimum absolute atomic E-state index is 0. The molecule has 5 nitrogen and oxygen atoms in total. The Kier molecular flexibility index (Phi) is 10.2. The summed E-state index contributed by atoms with van der Waals surface area (Å²) in [6.07, 6.45) is 3.60. The molecule has 0 heterocycles. The average Bonchev–Trinajstić information content (AvgIpc) is 3.37. The van der Waals surface area contributed by atoms with Gasteiger partial charge in [0, 0.05) is 33.9 Å². The smallest absolute Gasteiger partial charge is 0.193 e. The summed E-state index contributed by atoms with van der Waals surface area (Å²) in [7, 11) is 3.78. The first-order chi connectivity index (χ1) is 12.1. The molecule has 0 amide bonds. The SMILES string of the molecule is CCOCCC1(CNC(=NC)N(C)CCOc2ccc(F)cc2)CC1.I. The van der Waals surface area contributed by atoms with E-state index in [1.807, 2.05) is 18.9 Å². The van der Waals surface area contributed by atoms with Crippen LogP contribution in [0.2, 0.25) is 0 Å². The highest BCUT2D eigenvalue weighted by atomic mass is 127. The van der Waals surface area contributed by atoms with Crippen LogP contribution in [-0.2, 0) is 4.74 Å². The third-order valence-corrected chi connectivity index (χ3v) is 4.64. The van der Waals surface area contributed by atoms with Gasteiger partial charge in [0.25, 0.3) is 0 Å². The van der Waals surface area contributed by atoms with E-state index in [1.54, 1.807) is 19.2 Å². The van der Waals surface area contributed by atoms with Gasteiger partial charge >= 0.3 is 0 Å². The van der Waals surface area contributed by atoms with Gasteiger partial charge in [-0.25, -0.2) is 4.39 Å². The molecule has 1 N–H and O–H groups in total. The number of rotatable bonds is 10. The summed E-state index contributed by atoms with van der Waals surface area (Å²) in [5.74, 6) is 1.28. The number of hydrogen-bond donors (Lipinski definition) is 1. The van der Waals surface area contributed by atoms with Gasteiger partial charge < -0.3 is 19.7 Å². The Morgan fingerprint density at radius 1 is 1.27 bits per heavy atom. The second kappa shape index (κ2) is 11.6. The summed E-state index contributed by atoms with van der Waals surface area (Å²) in [5, 5.41) is 3.47. The number of halogens is 2. The number of nitrogens with one attached hydrogen (secondary N) is 1. The molecule has 148 valence electrons. The van der Waals surface area contributed by atoms with Gasteiger partial charge in [0.2, 0.25) is 0 Å². The summed E-state index contributed by atoms with van der Waals surface area (Å²) in [6, 6.07) is 6.07. The molecule has 0 aromatic heterocycles. The van der Waals surface area contributed by atoms with E-state index in [-0.39, 0.29) is 29.8 Å². The van der Waals surface area contributed by atoms with Crippen LogP contribution in [0.5, 0.6) is 5.75 Å². The predicted octanol–water partition coefficient (Wildman–Crippen LogP) is 3.54. The highest BCUT2D eigenvalue weighted by Gasteiger charge is 2.42. The van der Waals surface area contributed by atoms with Crippen molar-refractivity contribution in [3.63, 3.8) is 0 Å². The van der Waals surface area contributed by atoms with E-state index in [0.717, 1.165) is 32.1 Å². The average molecular weight is 479 g/mol. The molecule has 7 heteroatoms. The quantitative estimate of drug-likeness (QED) is 0.242. The number of aliphatic imine (C=N–C) groups is 1. The zero-order valence-corrected chi connectivity index (χ0v) is 18.3. The van der Waals surface area contributed by atoms with Crippen molar-refractivity contribution < 1.29 is 13.9 Å². The van der Waals surface area contributed by atoms with Crippen molar-refractivity contribution in [2.24, 2.45) is 10.4 Å². The largest absolute Gasteiger partial charge is 0.492 e. The second-order valence-electron chi connectivity index (χ2n) is 6.57. The van der Waals surface area contributed by atoms with Crippen molar-refractivity contribution >= 4 is 29.9 Å². The lowest BCUT2D eigenvalue weighted by atomic mass is 10.0. The first kappa shape index (κ1) is 23.0. The number of ether oxygens (including phenoxy) is 2. The van der Waals surface area contributed by atoms with Crippen LogP contribution in [0.25, 0.3) is 0 Å². The summed E-state index contributed by atoms with van der Waals surface area (Å²) in [6.45, 7) is 5.78. The minimum atomic E-state index is -0.257. The van der Waals surface area contributed by atoms with Crippen LogP contribution in [-0.4, -0.2) is 57.9 Å². The molecule has 2 rings (SSSR count). The maximum Gasteiger partial charge on any atom is 0.193 e. The van der Waals surface area contributed by atoms with Crippen LogP contribution in [0.1, 0.15) is 26.2 Å². The van der Waals surface area contributed by atoms with E-state index in [9.17, 15) is 4.39 Å². The third-order valence-electron chi connectivity index (χ3n) is 4.64. The van der Waals surface area contributed by atoms with Crippen molar-refractivity contribution in [2.75, 3.05) is 47.0 Å². The zero-order chi connectivity index (χ0) is 18.1. The second-order valence-corrected chi connectivity index (χ2v) is 6.57. The Balaban J connectivity index is 0.00000338. The molecule has 0 spiro atoms. The topological polar surface area (TPSA) is 46.1 Å². The minimum Gasteiger partial charge on any atom is -0.492 e. The standard InChI is InChI=1S/C19H30FN3O2.HI/c1-4-24-13-11-19(9-10-19)15-22-18(21-2)23(3)12-14-25-17-7-5-16(20)6-8-17;/h5-8H,4,9-15H2,1-3H3,(H,21,22);1H. The fourth-order valence-corrected chi connectivity index (χ4v) is 2.71. The molecule has 1 aromatic carbocycles. The van der Waals surface area contributed by atoms with Gasteiger partial charge in [-0.05, 0) is 55.9 Å². The van der Waals surface area contributed by atoms with Crippen molar-refractivity contribution in [3.8, 4) is 5.75 Å². The summed E-state index contributed by atoms with van der Waals surface area (Å²) in [4.78, 5) is 6.39. The molecule has 26 heavy (non-hydrogen) atoms. The van der Waals surface area contributed by atoms with Crippen molar-refractivity contribution in [2.45, 2.75) is 26.2 Å². The molecule has 0 bridgehead atoms. The van der Waals surface area contributed by atoms with Crippen molar-refractivity contribution in [3.05, 3.63) is 30.1 Å². The molecule has 0 atom stereocenters. The van der Waals surface area contributed by atoms with Crippen LogP contribution in [0.3, 0.4) is 0 Å². The van der Waals surface area contributed by atoms with Crippen molar-refractivity contribution in [1.82, 2.24) is 10.2 Å². The maximum absolute atomic E-state index is 12.9. The van der Waals surface area contributed by atoms with E-state index in [1.165, 1.54) is 25.0 Å². The summed E-state index contributed by atoms with van der Waals surface area (Å²) < 4.78 is 24.0. The summed E-state index contributed by atoms with van der Waals surface area (Å²) >= 11 is 0. The molecular formula is C19H31FIN3O2. The van der Waals surface area contributed by atoms with E-state index in [0.29, 0.717) is 24.3 Å². The first-order valence-electron chi connectivity index (χ1n) is 8.96. The Morgan fingerprint density at radius 2 is 1.96 bits per heavy atom. The Hall–Kier alpha value is -1.09. The van der Waals surface area contributed by atoms with Crippen LogP contribution in [0.4, 0.5) is 4.39 Å².